The van der Waals surface area contributed by atoms with Crippen molar-refractivity contribution < 1.29 is 32.6 Å². The van der Waals surface area contributed by atoms with Crippen LogP contribution in [-0.2, 0) is 9.59 Å². The van der Waals surface area contributed by atoms with Crippen LogP contribution in [0.5, 0.6) is 5.75 Å². The third-order valence-electron chi connectivity index (χ3n) is 6.36. The number of hydrogen-bond acceptors (Lipinski definition) is 4. The number of nitrogens with zero attached hydrogens (tertiary/aromatic N) is 1. The summed E-state index contributed by atoms with van der Waals surface area (Å²) < 4.78 is 40.5. The summed E-state index contributed by atoms with van der Waals surface area (Å²) in [5.41, 5.74) is -0.818. The number of β-amino-alcohol motifs (C(OH)–C–C–N with tert-alkyl or cyclic N) is 1. The molecule has 1 aliphatic carbocycles. The molecule has 1 aliphatic heterocycles. The SMILES string of the molecule is CC1(C)[C@H]2CC[C@]1(C)C(=O)N(C[C@H](O)c1ccc(OC(F)(F)F)cc1)C2=O. The molecule has 8 heteroatoms. The van der Waals surface area contributed by atoms with E-state index >= 15 is 0 Å². The number of aliphatic hydroxyl groups is 1. The number of carbonyl (C=O) groups is 2. The van der Waals surface area contributed by atoms with Crippen LogP contribution < -0.4 is 4.74 Å². The zero-order valence-electron chi connectivity index (χ0n) is 15.3. The molecule has 1 saturated carbocycles. The topological polar surface area (TPSA) is 66.8 Å². The number of fused-ring (bicyclic) bond motifs is 2. The van der Waals surface area contributed by atoms with Gasteiger partial charge in [0, 0.05) is 5.92 Å². The van der Waals surface area contributed by atoms with Crippen molar-refractivity contribution in [2.75, 3.05) is 6.54 Å². The third-order valence-corrected chi connectivity index (χ3v) is 6.36. The molecule has 1 saturated heterocycles. The molecule has 2 fully saturated rings. The normalized spacial score (nSPS) is 28.4. The quantitative estimate of drug-likeness (QED) is 0.807. The lowest BCUT2D eigenvalue weighted by Gasteiger charge is -2.48. The fourth-order valence-electron chi connectivity index (χ4n) is 4.24. The monoisotopic (exact) mass is 385 g/mol. The van der Waals surface area contributed by atoms with Crippen LogP contribution in [0.15, 0.2) is 24.3 Å². The summed E-state index contributed by atoms with van der Waals surface area (Å²) in [5.74, 6) is -1.29. The van der Waals surface area contributed by atoms with Crippen LogP contribution in [0.4, 0.5) is 13.2 Å². The number of benzene rings is 1. The molecule has 0 spiro atoms. The highest BCUT2D eigenvalue weighted by Crippen LogP contribution is 2.60. The maximum atomic E-state index is 13.0. The van der Waals surface area contributed by atoms with Gasteiger partial charge in [-0.05, 0) is 36.0 Å². The van der Waals surface area contributed by atoms with E-state index in [9.17, 15) is 27.9 Å². The second kappa shape index (κ2) is 6.22. The molecule has 0 aromatic heterocycles. The van der Waals surface area contributed by atoms with Gasteiger partial charge < -0.3 is 9.84 Å². The molecule has 2 bridgehead atoms. The van der Waals surface area contributed by atoms with Crippen molar-refractivity contribution in [2.45, 2.75) is 46.1 Å². The zero-order chi connectivity index (χ0) is 20.2. The Morgan fingerprint density at radius 2 is 1.81 bits per heavy atom. The number of hydrogen-bond donors (Lipinski definition) is 1. The van der Waals surface area contributed by atoms with Gasteiger partial charge in [-0.25, -0.2) is 0 Å². The van der Waals surface area contributed by atoms with Gasteiger partial charge in [-0.2, -0.15) is 0 Å². The predicted octanol–water partition coefficient (Wildman–Crippen LogP) is 3.43. The number of ether oxygens (including phenoxy) is 1. The molecule has 2 amide bonds. The highest BCUT2D eigenvalue weighted by atomic mass is 19.4. The summed E-state index contributed by atoms with van der Waals surface area (Å²) in [6.45, 7) is 5.48. The average molecular weight is 385 g/mol. The highest BCUT2D eigenvalue weighted by molar-refractivity contribution is 6.03. The van der Waals surface area contributed by atoms with Gasteiger partial charge in [0.25, 0.3) is 0 Å². The minimum absolute atomic E-state index is 0.223. The van der Waals surface area contributed by atoms with E-state index in [0.717, 1.165) is 17.0 Å². The lowest BCUT2D eigenvalue weighted by molar-refractivity contribution is -0.274. The van der Waals surface area contributed by atoms with Crippen LogP contribution in [0.25, 0.3) is 0 Å². The van der Waals surface area contributed by atoms with Gasteiger partial charge in [0.15, 0.2) is 0 Å². The van der Waals surface area contributed by atoms with Crippen molar-refractivity contribution in [1.29, 1.82) is 0 Å². The van der Waals surface area contributed by atoms with Crippen molar-refractivity contribution in [3.05, 3.63) is 29.8 Å². The van der Waals surface area contributed by atoms with Crippen LogP contribution in [0.2, 0.25) is 0 Å². The van der Waals surface area contributed by atoms with E-state index in [1.54, 1.807) is 0 Å². The van der Waals surface area contributed by atoms with Crippen molar-refractivity contribution in [2.24, 2.45) is 16.7 Å². The summed E-state index contributed by atoms with van der Waals surface area (Å²) in [6.07, 6.45) is -4.74. The number of rotatable bonds is 4. The number of imide groups is 1. The molecule has 27 heavy (non-hydrogen) atoms. The Hall–Kier alpha value is -2.09. The van der Waals surface area contributed by atoms with Gasteiger partial charge in [0.2, 0.25) is 11.8 Å². The minimum Gasteiger partial charge on any atom is -0.406 e. The van der Waals surface area contributed by atoms with Crippen LogP contribution in [0, 0.1) is 16.7 Å². The second-order valence-corrected chi connectivity index (χ2v) is 8.03. The van der Waals surface area contributed by atoms with Gasteiger partial charge in [-0.1, -0.05) is 32.9 Å². The molecule has 2 aliphatic rings. The number of aliphatic hydroxyl groups excluding tert-OH is 1. The number of alkyl halides is 3. The van der Waals surface area contributed by atoms with Gasteiger partial charge in [0.05, 0.1) is 18.1 Å². The maximum Gasteiger partial charge on any atom is 0.573 e. The van der Waals surface area contributed by atoms with E-state index in [2.05, 4.69) is 4.74 Å². The van der Waals surface area contributed by atoms with Gasteiger partial charge in [-0.3, -0.25) is 14.5 Å². The molecule has 3 atom stereocenters. The van der Waals surface area contributed by atoms with E-state index in [0.29, 0.717) is 18.4 Å². The van der Waals surface area contributed by atoms with E-state index in [1.807, 2.05) is 20.8 Å². The number of likely N-dealkylation sites (tertiary alicyclic amines) is 1. The van der Waals surface area contributed by atoms with Crippen LogP contribution in [0.3, 0.4) is 0 Å². The Morgan fingerprint density at radius 3 is 2.37 bits per heavy atom. The smallest absolute Gasteiger partial charge is 0.406 e. The molecule has 3 rings (SSSR count). The standard InChI is InChI=1S/C19H22F3NO4/c1-17(2)13-8-9-18(17,3)16(26)23(15(13)25)10-14(24)11-4-6-12(7-5-11)27-19(20,21)22/h4-7,13-14,24H,8-10H2,1-3H3/t13-,14-,18+/m0/s1. The first-order valence-corrected chi connectivity index (χ1v) is 8.76. The molecule has 1 aromatic carbocycles. The number of halogens is 3. The Kier molecular flexibility index (Phi) is 4.53. The Bertz CT molecular complexity index is 759. The fraction of sp³-hybridized carbons (Fsp3) is 0.579. The fourth-order valence-corrected chi connectivity index (χ4v) is 4.24. The van der Waals surface area contributed by atoms with Crippen molar-refractivity contribution >= 4 is 11.8 Å². The Morgan fingerprint density at radius 1 is 1.22 bits per heavy atom. The largest absolute Gasteiger partial charge is 0.573 e. The molecule has 1 N–H and O–H groups in total. The second-order valence-electron chi connectivity index (χ2n) is 8.03. The first-order chi connectivity index (χ1) is 12.4. The summed E-state index contributed by atoms with van der Waals surface area (Å²) in [4.78, 5) is 26.8. The van der Waals surface area contributed by atoms with E-state index in [-0.39, 0.29) is 24.3 Å². The minimum atomic E-state index is -4.80. The lowest BCUT2D eigenvalue weighted by atomic mass is 9.62. The summed E-state index contributed by atoms with van der Waals surface area (Å²) in [6, 6.07) is 4.73. The van der Waals surface area contributed by atoms with Crippen molar-refractivity contribution in [1.82, 2.24) is 4.90 Å². The molecule has 148 valence electrons. The highest BCUT2D eigenvalue weighted by Gasteiger charge is 2.64. The molecule has 5 nitrogen and oxygen atoms in total. The van der Waals surface area contributed by atoms with Crippen LogP contribution in [0.1, 0.15) is 45.3 Å². The van der Waals surface area contributed by atoms with Crippen LogP contribution >= 0.6 is 0 Å². The summed E-state index contributed by atoms with van der Waals surface area (Å²) in [7, 11) is 0. The van der Waals surface area contributed by atoms with E-state index < -0.39 is 29.0 Å². The lowest BCUT2D eigenvalue weighted by Crippen LogP contribution is -2.59. The molecule has 1 heterocycles. The number of carbonyl (C=O) groups excluding carboxylic acids is 2. The van der Waals surface area contributed by atoms with Crippen molar-refractivity contribution in [3.63, 3.8) is 0 Å². The Labute approximate surface area is 155 Å². The first kappa shape index (κ1) is 19.7. The number of amides is 2. The molecular weight excluding hydrogens is 363 g/mol. The average Bonchev–Trinajstić information content (AvgIpc) is 2.75. The van der Waals surface area contributed by atoms with Gasteiger partial charge in [0.1, 0.15) is 5.75 Å². The van der Waals surface area contributed by atoms with Crippen LogP contribution in [-0.4, -0.2) is 34.7 Å². The summed E-state index contributed by atoms with van der Waals surface area (Å²) in [5, 5.41) is 10.4. The Balaban J connectivity index is 1.75. The first-order valence-electron chi connectivity index (χ1n) is 8.76. The summed E-state index contributed by atoms with van der Waals surface area (Å²) >= 11 is 0. The maximum absolute atomic E-state index is 13.0. The molecule has 1 aromatic rings. The molecular formula is C19H22F3NO4. The van der Waals surface area contributed by atoms with Gasteiger partial charge >= 0.3 is 6.36 Å². The third kappa shape index (κ3) is 3.20. The van der Waals surface area contributed by atoms with Crippen molar-refractivity contribution in [3.8, 4) is 5.75 Å². The zero-order valence-corrected chi connectivity index (χ0v) is 15.3. The van der Waals surface area contributed by atoms with E-state index in [4.69, 9.17) is 0 Å². The van der Waals surface area contributed by atoms with Gasteiger partial charge in [-0.15, -0.1) is 13.2 Å². The molecule has 0 unspecified atom stereocenters. The van der Waals surface area contributed by atoms with E-state index in [1.165, 1.54) is 12.1 Å². The number of piperidine rings is 1. The molecule has 0 radical (unpaired) electrons. The predicted molar refractivity (Wildman–Crippen MR) is 89.4 cm³/mol.